The molecule has 0 heterocycles. The van der Waals surface area contributed by atoms with Gasteiger partial charge < -0.3 is 10.2 Å². The smallest absolute Gasteiger partial charge is 0.118 e. The van der Waals surface area contributed by atoms with Crippen molar-refractivity contribution in [3.63, 3.8) is 0 Å². The normalized spacial score (nSPS) is 16.4. The lowest BCUT2D eigenvalue weighted by molar-refractivity contribution is 0.457. The lowest BCUT2D eigenvalue weighted by Crippen LogP contribution is -2.24. The van der Waals surface area contributed by atoms with Gasteiger partial charge in [-0.25, -0.2) is 0 Å². The van der Waals surface area contributed by atoms with E-state index in [9.17, 15) is 10.2 Å². The minimum absolute atomic E-state index is 0.00113. The van der Waals surface area contributed by atoms with Crippen LogP contribution in [0.15, 0.2) is 36.4 Å². The summed E-state index contributed by atoms with van der Waals surface area (Å²) in [5, 5.41) is 20.7. The first kappa shape index (κ1) is 19.8. The van der Waals surface area contributed by atoms with Crippen LogP contribution >= 0.6 is 0 Å². The zero-order valence-corrected chi connectivity index (χ0v) is 17.3. The topological polar surface area (TPSA) is 40.5 Å². The number of hydrogen-bond donors (Lipinski definition) is 2. The first-order valence-electron chi connectivity index (χ1n) is 10.5. The molecule has 27 heavy (non-hydrogen) atoms. The van der Waals surface area contributed by atoms with E-state index in [1.165, 1.54) is 24.0 Å². The molecule has 1 fully saturated rings. The van der Waals surface area contributed by atoms with Crippen LogP contribution in [0.2, 0.25) is 0 Å². The van der Waals surface area contributed by atoms with Gasteiger partial charge in [0.2, 0.25) is 0 Å². The van der Waals surface area contributed by atoms with Crippen LogP contribution in [0.3, 0.4) is 0 Å². The lowest BCUT2D eigenvalue weighted by atomic mass is 9.72. The number of rotatable bonds is 6. The van der Waals surface area contributed by atoms with E-state index in [-0.39, 0.29) is 5.41 Å². The average molecular weight is 367 g/mol. The van der Waals surface area contributed by atoms with E-state index in [0.717, 1.165) is 36.8 Å². The number of hydrogen-bond acceptors (Lipinski definition) is 2. The summed E-state index contributed by atoms with van der Waals surface area (Å²) in [7, 11) is 0. The lowest BCUT2D eigenvalue weighted by Gasteiger charge is -2.32. The summed E-state index contributed by atoms with van der Waals surface area (Å²) in [5.41, 5.74) is 4.73. The molecule has 2 aromatic carbocycles. The van der Waals surface area contributed by atoms with E-state index in [4.69, 9.17) is 0 Å². The molecule has 2 heteroatoms. The third kappa shape index (κ3) is 4.15. The highest BCUT2D eigenvalue weighted by molar-refractivity contribution is 5.49. The maximum Gasteiger partial charge on any atom is 0.118 e. The average Bonchev–Trinajstić information content (AvgIpc) is 3.09. The fourth-order valence-corrected chi connectivity index (χ4v) is 4.70. The fourth-order valence-electron chi connectivity index (χ4n) is 4.70. The van der Waals surface area contributed by atoms with Crippen LogP contribution in [0.4, 0.5) is 0 Å². The molecule has 0 aromatic heterocycles. The Kier molecular flexibility index (Phi) is 5.83. The Hall–Kier alpha value is -1.96. The second-order valence-electron chi connectivity index (χ2n) is 9.17. The Balaban J connectivity index is 2.07. The van der Waals surface area contributed by atoms with E-state index in [0.29, 0.717) is 23.3 Å². The first-order chi connectivity index (χ1) is 12.8. The molecule has 0 radical (unpaired) electrons. The molecule has 1 saturated carbocycles. The van der Waals surface area contributed by atoms with E-state index >= 15 is 0 Å². The SMILES string of the molecule is CC(C)Cc1cc(C2(c3ccc(O)c(CC(C)C)c3)CCCC2)ccc1O. The van der Waals surface area contributed by atoms with Crippen LogP contribution < -0.4 is 0 Å². The Bertz CT molecular complexity index is 721. The highest BCUT2D eigenvalue weighted by Gasteiger charge is 2.38. The summed E-state index contributed by atoms with van der Waals surface area (Å²) in [4.78, 5) is 0. The molecule has 2 nitrogen and oxygen atoms in total. The largest absolute Gasteiger partial charge is 0.508 e. The maximum absolute atomic E-state index is 10.3. The second-order valence-corrected chi connectivity index (χ2v) is 9.17. The molecule has 1 aliphatic carbocycles. The summed E-state index contributed by atoms with van der Waals surface area (Å²) in [6, 6.07) is 12.4. The van der Waals surface area contributed by atoms with Crippen molar-refractivity contribution in [1.82, 2.24) is 0 Å². The standard InChI is InChI=1S/C25H34O2/c1-17(2)13-19-15-21(7-9-23(19)26)25(11-5-6-12-25)22-8-10-24(27)20(16-22)14-18(3)4/h7-10,15-18,26-27H,5-6,11-14H2,1-4H3. The summed E-state index contributed by atoms with van der Waals surface area (Å²) in [5.74, 6) is 1.84. The van der Waals surface area contributed by atoms with Crippen LogP contribution in [0.1, 0.15) is 75.6 Å². The van der Waals surface area contributed by atoms with Gasteiger partial charge in [-0.3, -0.25) is 0 Å². The number of phenols is 2. The van der Waals surface area contributed by atoms with Crippen molar-refractivity contribution in [2.24, 2.45) is 11.8 Å². The maximum atomic E-state index is 10.3. The molecule has 0 bridgehead atoms. The van der Waals surface area contributed by atoms with Gasteiger partial charge in [0.05, 0.1) is 0 Å². The fraction of sp³-hybridized carbons (Fsp3) is 0.520. The van der Waals surface area contributed by atoms with Gasteiger partial charge in [0.1, 0.15) is 11.5 Å². The molecule has 2 N–H and O–H groups in total. The molecular formula is C25H34O2. The van der Waals surface area contributed by atoms with E-state index in [1.807, 2.05) is 12.1 Å². The quantitative estimate of drug-likeness (QED) is 0.625. The molecule has 146 valence electrons. The van der Waals surface area contributed by atoms with E-state index in [2.05, 4.69) is 52.0 Å². The van der Waals surface area contributed by atoms with Gasteiger partial charge in [-0.2, -0.15) is 0 Å². The summed E-state index contributed by atoms with van der Waals surface area (Å²) >= 11 is 0. The second kappa shape index (κ2) is 7.96. The zero-order valence-electron chi connectivity index (χ0n) is 17.3. The predicted octanol–water partition coefficient (Wildman–Crippen LogP) is 6.35. The number of phenolic OH excluding ortho intramolecular Hbond substituents is 2. The molecule has 0 aliphatic heterocycles. The van der Waals surface area contributed by atoms with Crippen LogP contribution in [0.25, 0.3) is 0 Å². The van der Waals surface area contributed by atoms with Gasteiger partial charge in [-0.15, -0.1) is 0 Å². The molecule has 3 rings (SSSR count). The molecular weight excluding hydrogens is 332 g/mol. The van der Waals surface area contributed by atoms with Crippen molar-refractivity contribution in [3.05, 3.63) is 58.7 Å². The molecule has 0 unspecified atom stereocenters. The van der Waals surface area contributed by atoms with Crippen LogP contribution in [0.5, 0.6) is 11.5 Å². The zero-order chi connectivity index (χ0) is 19.6. The summed E-state index contributed by atoms with van der Waals surface area (Å²) < 4.78 is 0. The Morgan fingerprint density at radius 1 is 0.741 bits per heavy atom. The van der Waals surface area contributed by atoms with Crippen molar-refractivity contribution < 1.29 is 10.2 Å². The van der Waals surface area contributed by atoms with Crippen LogP contribution in [-0.2, 0) is 18.3 Å². The molecule has 1 aliphatic rings. The van der Waals surface area contributed by atoms with E-state index < -0.39 is 0 Å². The third-order valence-corrected chi connectivity index (χ3v) is 5.98. The number of aromatic hydroxyl groups is 2. The Labute approximate surface area is 164 Å². The van der Waals surface area contributed by atoms with Crippen LogP contribution in [-0.4, -0.2) is 10.2 Å². The third-order valence-electron chi connectivity index (χ3n) is 5.98. The minimum atomic E-state index is -0.00113. The van der Waals surface area contributed by atoms with Gasteiger partial charge >= 0.3 is 0 Å². The van der Waals surface area contributed by atoms with Crippen LogP contribution in [0, 0.1) is 11.8 Å². The molecule has 0 amide bonds. The van der Waals surface area contributed by atoms with Gasteiger partial charge in [-0.05, 0) is 71.9 Å². The van der Waals surface area contributed by atoms with Crippen molar-refractivity contribution in [2.75, 3.05) is 0 Å². The summed E-state index contributed by atoms with van der Waals surface area (Å²) in [6.07, 6.45) is 6.49. The Morgan fingerprint density at radius 3 is 1.52 bits per heavy atom. The molecule has 0 saturated heterocycles. The van der Waals surface area contributed by atoms with Gasteiger partial charge in [0, 0.05) is 5.41 Å². The Morgan fingerprint density at radius 2 is 1.15 bits per heavy atom. The molecule has 0 spiro atoms. The van der Waals surface area contributed by atoms with Crippen molar-refractivity contribution in [3.8, 4) is 11.5 Å². The van der Waals surface area contributed by atoms with Gasteiger partial charge in [-0.1, -0.05) is 64.8 Å². The van der Waals surface area contributed by atoms with Gasteiger partial charge in [0.25, 0.3) is 0 Å². The number of benzene rings is 2. The van der Waals surface area contributed by atoms with Crippen molar-refractivity contribution >= 4 is 0 Å². The highest BCUT2D eigenvalue weighted by Crippen LogP contribution is 2.48. The minimum Gasteiger partial charge on any atom is -0.508 e. The first-order valence-corrected chi connectivity index (χ1v) is 10.5. The molecule has 2 aromatic rings. The monoisotopic (exact) mass is 366 g/mol. The van der Waals surface area contributed by atoms with Gasteiger partial charge in [0.15, 0.2) is 0 Å². The van der Waals surface area contributed by atoms with E-state index in [1.54, 1.807) is 0 Å². The predicted molar refractivity (Wildman–Crippen MR) is 113 cm³/mol. The highest BCUT2D eigenvalue weighted by atomic mass is 16.3. The summed E-state index contributed by atoms with van der Waals surface area (Å²) in [6.45, 7) is 8.76. The van der Waals surface area contributed by atoms with Crippen molar-refractivity contribution in [2.45, 2.75) is 71.6 Å². The van der Waals surface area contributed by atoms with Crippen molar-refractivity contribution in [1.29, 1.82) is 0 Å². The molecule has 0 atom stereocenters.